The summed E-state index contributed by atoms with van der Waals surface area (Å²) in [5, 5.41) is 11.6. The zero-order valence-electron chi connectivity index (χ0n) is 16.7. The van der Waals surface area contributed by atoms with Crippen molar-refractivity contribution in [2.45, 2.75) is 25.9 Å². The Morgan fingerprint density at radius 2 is 1.90 bits per heavy atom. The highest BCUT2D eigenvalue weighted by molar-refractivity contribution is 5.82. The molecule has 0 bridgehead atoms. The number of carbonyl (C=O) groups is 1. The molecular formula is C23H24O6. The van der Waals surface area contributed by atoms with Gasteiger partial charge in [-0.05, 0) is 53.8 Å². The maximum atomic E-state index is 12.7. The van der Waals surface area contributed by atoms with E-state index in [0.717, 1.165) is 16.9 Å². The maximum Gasteiger partial charge on any atom is 0.317 e. The minimum absolute atomic E-state index is 0.189. The van der Waals surface area contributed by atoms with Crippen LogP contribution in [0.2, 0.25) is 0 Å². The van der Waals surface area contributed by atoms with Gasteiger partial charge in [0, 0.05) is 0 Å². The molecule has 2 aliphatic rings. The molecule has 1 N–H and O–H groups in total. The van der Waals surface area contributed by atoms with E-state index in [4.69, 9.17) is 18.9 Å². The molecule has 2 atom stereocenters. The molecule has 2 aromatic rings. The fourth-order valence-electron chi connectivity index (χ4n) is 3.84. The minimum Gasteiger partial charge on any atom is -0.497 e. The summed E-state index contributed by atoms with van der Waals surface area (Å²) < 4.78 is 21.5. The van der Waals surface area contributed by atoms with Crippen LogP contribution >= 0.6 is 0 Å². The van der Waals surface area contributed by atoms with E-state index in [1.807, 2.05) is 56.3 Å². The van der Waals surface area contributed by atoms with E-state index >= 15 is 0 Å². The number of aliphatic hydroxyl groups is 1. The second-order valence-electron chi connectivity index (χ2n) is 7.63. The smallest absolute Gasteiger partial charge is 0.317 e. The molecule has 4 rings (SSSR count). The minimum atomic E-state index is -1.41. The van der Waals surface area contributed by atoms with Crippen LogP contribution in [-0.2, 0) is 16.0 Å². The van der Waals surface area contributed by atoms with Gasteiger partial charge in [0.2, 0.25) is 6.79 Å². The number of esters is 1. The molecule has 0 saturated carbocycles. The van der Waals surface area contributed by atoms with E-state index < -0.39 is 17.5 Å². The molecule has 2 aromatic carbocycles. The summed E-state index contributed by atoms with van der Waals surface area (Å²) in [4.78, 5) is 12.7. The number of benzene rings is 2. The Morgan fingerprint density at radius 1 is 1.17 bits per heavy atom. The first-order chi connectivity index (χ1) is 13.9. The Labute approximate surface area is 169 Å². The standard InChI is InChI=1S/C23H24O6/c1-14(2)23(25)18(10-16-6-9-19-20(11-16)28-13-27-19)22(24)29-21(23)12-15-4-7-17(26-3)8-5-15/h4-9,11-12,14,18,25H,10,13H2,1-3H3/b21-12-/t18-,23+/m0/s1. The lowest BCUT2D eigenvalue weighted by atomic mass is 9.75. The summed E-state index contributed by atoms with van der Waals surface area (Å²) >= 11 is 0. The molecule has 2 aliphatic heterocycles. The molecule has 152 valence electrons. The summed E-state index contributed by atoms with van der Waals surface area (Å²) in [6.45, 7) is 3.96. The lowest BCUT2D eigenvalue weighted by Crippen LogP contribution is -2.43. The lowest BCUT2D eigenvalue weighted by Gasteiger charge is -2.31. The summed E-state index contributed by atoms with van der Waals surface area (Å²) in [7, 11) is 1.60. The maximum absolute atomic E-state index is 12.7. The van der Waals surface area contributed by atoms with Crippen LogP contribution in [-0.4, -0.2) is 30.6 Å². The number of hydrogen-bond donors (Lipinski definition) is 1. The van der Waals surface area contributed by atoms with Crippen molar-refractivity contribution in [1.82, 2.24) is 0 Å². The fourth-order valence-corrected chi connectivity index (χ4v) is 3.84. The molecule has 1 fully saturated rings. The van der Waals surface area contributed by atoms with Crippen molar-refractivity contribution in [3.05, 3.63) is 59.4 Å². The van der Waals surface area contributed by atoms with Crippen LogP contribution in [0.5, 0.6) is 17.2 Å². The molecule has 0 spiro atoms. The van der Waals surface area contributed by atoms with Crippen LogP contribution in [0.25, 0.3) is 6.08 Å². The van der Waals surface area contributed by atoms with E-state index in [-0.39, 0.29) is 18.5 Å². The van der Waals surface area contributed by atoms with Crippen LogP contribution < -0.4 is 14.2 Å². The third-order valence-corrected chi connectivity index (χ3v) is 5.59. The zero-order valence-corrected chi connectivity index (χ0v) is 16.7. The number of hydrogen-bond acceptors (Lipinski definition) is 6. The number of carbonyl (C=O) groups excluding carboxylic acids is 1. The van der Waals surface area contributed by atoms with Crippen molar-refractivity contribution >= 4 is 12.0 Å². The summed E-state index contributed by atoms with van der Waals surface area (Å²) in [6.07, 6.45) is 2.06. The van der Waals surface area contributed by atoms with Crippen LogP contribution in [0, 0.1) is 11.8 Å². The molecule has 0 amide bonds. The highest BCUT2D eigenvalue weighted by Gasteiger charge is 2.55. The molecular weight excluding hydrogens is 372 g/mol. The normalized spacial score (nSPS) is 24.2. The molecule has 6 nitrogen and oxygen atoms in total. The SMILES string of the molecule is COc1ccc(/C=C2\OC(=O)[C@H](Cc3ccc4c(c3)OCO4)[C@]2(O)C(C)C)cc1. The second-order valence-corrected chi connectivity index (χ2v) is 7.63. The van der Waals surface area contributed by atoms with Gasteiger partial charge in [-0.3, -0.25) is 4.79 Å². The third-order valence-electron chi connectivity index (χ3n) is 5.59. The van der Waals surface area contributed by atoms with Gasteiger partial charge in [0.05, 0.1) is 13.0 Å². The topological polar surface area (TPSA) is 74.2 Å². The lowest BCUT2D eigenvalue weighted by molar-refractivity contribution is -0.140. The summed E-state index contributed by atoms with van der Waals surface area (Å²) in [6, 6.07) is 12.9. The molecule has 0 aromatic heterocycles. The number of cyclic esters (lactones) is 1. The van der Waals surface area contributed by atoms with Crippen molar-refractivity contribution < 1.29 is 28.8 Å². The van der Waals surface area contributed by atoms with E-state index in [2.05, 4.69) is 0 Å². The number of ether oxygens (including phenoxy) is 4. The van der Waals surface area contributed by atoms with E-state index in [0.29, 0.717) is 17.9 Å². The first-order valence-corrected chi connectivity index (χ1v) is 9.60. The van der Waals surface area contributed by atoms with Crippen molar-refractivity contribution in [3.8, 4) is 17.2 Å². The van der Waals surface area contributed by atoms with Crippen molar-refractivity contribution in [1.29, 1.82) is 0 Å². The Hall–Kier alpha value is -2.99. The second kappa shape index (κ2) is 7.44. The predicted molar refractivity (Wildman–Crippen MR) is 107 cm³/mol. The van der Waals surface area contributed by atoms with Gasteiger partial charge in [-0.2, -0.15) is 0 Å². The Bertz CT molecular complexity index is 946. The number of rotatable bonds is 5. The first kappa shape index (κ1) is 19.3. The summed E-state index contributed by atoms with van der Waals surface area (Å²) in [5.41, 5.74) is 0.283. The van der Waals surface area contributed by atoms with Gasteiger partial charge < -0.3 is 24.1 Å². The molecule has 29 heavy (non-hydrogen) atoms. The Morgan fingerprint density at radius 3 is 2.59 bits per heavy atom. The number of fused-ring (bicyclic) bond motifs is 1. The molecule has 0 radical (unpaired) electrons. The number of methoxy groups -OCH3 is 1. The van der Waals surface area contributed by atoms with E-state index in [1.165, 1.54) is 0 Å². The average molecular weight is 396 g/mol. The van der Waals surface area contributed by atoms with Crippen molar-refractivity contribution in [2.75, 3.05) is 13.9 Å². The van der Waals surface area contributed by atoms with Gasteiger partial charge >= 0.3 is 5.97 Å². The highest BCUT2D eigenvalue weighted by Crippen LogP contribution is 2.44. The zero-order chi connectivity index (χ0) is 20.6. The largest absolute Gasteiger partial charge is 0.497 e. The van der Waals surface area contributed by atoms with Gasteiger partial charge in [-0.1, -0.05) is 32.0 Å². The monoisotopic (exact) mass is 396 g/mol. The molecule has 2 heterocycles. The van der Waals surface area contributed by atoms with E-state index in [9.17, 15) is 9.90 Å². The van der Waals surface area contributed by atoms with Gasteiger partial charge in [0.1, 0.15) is 17.1 Å². The van der Waals surface area contributed by atoms with Gasteiger partial charge in [0.15, 0.2) is 11.5 Å². The third kappa shape index (κ3) is 3.44. The Kier molecular flexibility index (Phi) is 4.96. The van der Waals surface area contributed by atoms with Crippen LogP contribution in [0.3, 0.4) is 0 Å². The molecule has 6 heteroatoms. The Balaban J connectivity index is 1.65. The quantitative estimate of drug-likeness (QED) is 0.779. The van der Waals surface area contributed by atoms with Gasteiger partial charge in [-0.25, -0.2) is 0 Å². The summed E-state index contributed by atoms with van der Waals surface area (Å²) in [5.74, 6) is 0.963. The van der Waals surface area contributed by atoms with Crippen LogP contribution in [0.4, 0.5) is 0 Å². The van der Waals surface area contributed by atoms with Crippen LogP contribution in [0.1, 0.15) is 25.0 Å². The molecule has 0 unspecified atom stereocenters. The highest BCUT2D eigenvalue weighted by atomic mass is 16.7. The van der Waals surface area contributed by atoms with Crippen LogP contribution in [0.15, 0.2) is 48.2 Å². The van der Waals surface area contributed by atoms with E-state index in [1.54, 1.807) is 13.2 Å². The van der Waals surface area contributed by atoms with Gasteiger partial charge in [0.25, 0.3) is 0 Å². The van der Waals surface area contributed by atoms with Crippen molar-refractivity contribution in [3.63, 3.8) is 0 Å². The van der Waals surface area contributed by atoms with Gasteiger partial charge in [-0.15, -0.1) is 0 Å². The molecule has 0 aliphatic carbocycles. The average Bonchev–Trinajstić information content (AvgIpc) is 3.27. The fraction of sp³-hybridized carbons (Fsp3) is 0.348. The van der Waals surface area contributed by atoms with Crippen molar-refractivity contribution in [2.24, 2.45) is 11.8 Å². The predicted octanol–water partition coefficient (Wildman–Crippen LogP) is 3.57. The first-order valence-electron chi connectivity index (χ1n) is 9.60. The molecule has 1 saturated heterocycles.